The number of Topliss-reactive ketones (excluding diaryl/α,β-unsaturated/α-hetero) is 2. The number of anilines is 1. The second kappa shape index (κ2) is 8.39. The van der Waals surface area contributed by atoms with Crippen LogP contribution < -0.4 is 10.6 Å². The number of quaternary nitrogens is 1. The molecule has 0 aromatic heterocycles. The number of phenols is 1. The van der Waals surface area contributed by atoms with Gasteiger partial charge in [-0.3, -0.25) is 20.2 Å². The average molecular weight is 529 g/mol. The number of fused-ring (bicyclic) bond motifs is 3. The molecule has 12 nitrogen and oxygen atoms in total. The fraction of sp³-hybridized carbons (Fsp3) is 0.423. The Labute approximate surface area is 217 Å². The second-order valence-electron chi connectivity index (χ2n) is 10.4. The molecule has 4 unspecified atom stereocenters. The van der Waals surface area contributed by atoms with E-state index in [0.29, 0.717) is 5.69 Å². The van der Waals surface area contributed by atoms with E-state index in [1.165, 1.54) is 27.1 Å². The summed E-state index contributed by atoms with van der Waals surface area (Å²) in [5.74, 6) is -1.29. The molecular weight excluding hydrogens is 498 g/mol. The van der Waals surface area contributed by atoms with Gasteiger partial charge < -0.3 is 35.5 Å². The number of aliphatic hydroxyl groups is 5. The van der Waals surface area contributed by atoms with Gasteiger partial charge in [0, 0.05) is 32.6 Å². The van der Waals surface area contributed by atoms with Crippen molar-refractivity contribution in [1.82, 2.24) is 4.90 Å². The molecule has 9 N–H and O–H groups in total. The first-order valence-electron chi connectivity index (χ1n) is 11.6. The molecule has 38 heavy (non-hydrogen) atoms. The lowest BCUT2D eigenvalue weighted by molar-refractivity contribution is -0.299. The highest BCUT2D eigenvalue weighted by molar-refractivity contribution is 6.24. The molecule has 0 saturated heterocycles. The summed E-state index contributed by atoms with van der Waals surface area (Å²) in [4.78, 5) is 42.2. The van der Waals surface area contributed by atoms with Crippen molar-refractivity contribution in [2.75, 3.05) is 33.1 Å². The number of rotatable bonds is 3. The van der Waals surface area contributed by atoms with Crippen molar-refractivity contribution < 1.29 is 50.8 Å². The van der Waals surface area contributed by atoms with E-state index in [1.807, 2.05) is 0 Å². The molecule has 1 aromatic rings. The van der Waals surface area contributed by atoms with E-state index in [-0.39, 0.29) is 16.7 Å². The van der Waals surface area contributed by atoms with Crippen molar-refractivity contribution in [1.29, 1.82) is 0 Å². The highest BCUT2D eigenvalue weighted by Crippen LogP contribution is 2.57. The Bertz CT molecular complexity index is 1450. The third-order valence-corrected chi connectivity index (χ3v) is 7.60. The molecule has 3 aliphatic carbocycles. The van der Waals surface area contributed by atoms with E-state index < -0.39 is 81.6 Å². The molecule has 4 rings (SSSR count). The topological polar surface area (TPSA) is 207 Å². The molecule has 1 saturated carbocycles. The number of carbonyl (C=O) groups is 3. The monoisotopic (exact) mass is 528 g/mol. The van der Waals surface area contributed by atoms with Gasteiger partial charge in [-0.15, -0.1) is 5.92 Å². The van der Waals surface area contributed by atoms with Crippen LogP contribution in [0.1, 0.15) is 30.0 Å². The molecule has 0 spiro atoms. The van der Waals surface area contributed by atoms with Gasteiger partial charge in [0.05, 0.1) is 16.7 Å². The number of aliphatic hydroxyl groups excluding tert-OH is 2. The summed E-state index contributed by atoms with van der Waals surface area (Å²) in [5.41, 5.74) is -6.61. The molecule has 1 amide bonds. The standard InChI is InChI=1S/C26H29N3O9/c1-6-7-11-8-13(28(2)3)12-9-24(36)10-25(37)20(29(4)5)19(32)15(23(27)35)21(33)26(25,38)22(34)16(24)18(31)14(12)17(11)30/h8,20,30-31,33,36-38H,9-10H2,1-5H3,(H2,27,35)/p+1. The first-order valence-corrected chi connectivity index (χ1v) is 11.6. The zero-order valence-electron chi connectivity index (χ0n) is 21.6. The van der Waals surface area contributed by atoms with Crippen LogP contribution in [-0.2, 0) is 20.8 Å². The molecule has 0 bridgehead atoms. The maximum Gasteiger partial charge on any atom is 0.348 e. The van der Waals surface area contributed by atoms with Crippen LogP contribution in [0.5, 0.6) is 5.75 Å². The zero-order chi connectivity index (χ0) is 28.7. The Morgan fingerprint density at radius 3 is 2.21 bits per heavy atom. The van der Waals surface area contributed by atoms with E-state index in [4.69, 9.17) is 0 Å². The van der Waals surface area contributed by atoms with E-state index in [1.54, 1.807) is 19.0 Å². The summed E-state index contributed by atoms with van der Waals surface area (Å²) in [6.45, 7) is 1.54. The minimum atomic E-state index is -3.31. The predicted octanol–water partition coefficient (Wildman–Crippen LogP) is -2.09. The van der Waals surface area contributed by atoms with Gasteiger partial charge in [-0.05, 0) is 32.6 Å². The van der Waals surface area contributed by atoms with E-state index in [2.05, 4.69) is 17.6 Å². The van der Waals surface area contributed by atoms with Crippen LogP contribution >= 0.6 is 0 Å². The minimum absolute atomic E-state index is 0.120. The molecule has 4 atom stereocenters. The Morgan fingerprint density at radius 2 is 1.71 bits per heavy atom. The summed E-state index contributed by atoms with van der Waals surface area (Å²) in [7, 11) is 6.05. The lowest BCUT2D eigenvalue weighted by Gasteiger charge is -2.57. The van der Waals surface area contributed by atoms with Crippen LogP contribution in [0.25, 0.3) is 5.76 Å². The van der Waals surface area contributed by atoms with Crippen molar-refractivity contribution in [3.05, 3.63) is 39.7 Å². The minimum Gasteiger partial charge on any atom is -0.508 e. The van der Waals surface area contributed by atoms with Crippen LogP contribution in [-0.4, -0.2) is 104 Å². The molecule has 12 heteroatoms. The fourth-order valence-corrected chi connectivity index (χ4v) is 6.10. The molecular formula is C26H30N3O9+. The number of hydrogen-bond donors (Lipinski definition) is 7. The largest absolute Gasteiger partial charge is 0.508 e. The third kappa shape index (κ3) is 3.20. The number of amides is 1. The van der Waals surface area contributed by atoms with Crippen molar-refractivity contribution in [3.8, 4) is 17.6 Å². The van der Waals surface area contributed by atoms with E-state index in [9.17, 15) is 45.0 Å². The van der Waals surface area contributed by atoms with Crippen LogP contribution in [0.15, 0.2) is 23.0 Å². The quantitative estimate of drug-likeness (QED) is 0.167. The smallest absolute Gasteiger partial charge is 0.348 e. The van der Waals surface area contributed by atoms with Gasteiger partial charge >= 0.3 is 5.91 Å². The lowest BCUT2D eigenvalue weighted by atomic mass is 9.53. The second-order valence-corrected chi connectivity index (χ2v) is 10.4. The zero-order valence-corrected chi connectivity index (χ0v) is 21.6. The Kier molecular flexibility index (Phi) is 6.03. The molecule has 3 aliphatic rings. The lowest BCUT2D eigenvalue weighted by Crippen LogP contribution is -2.80. The average Bonchev–Trinajstić information content (AvgIpc) is 2.77. The Morgan fingerprint density at radius 1 is 1.11 bits per heavy atom. The molecule has 0 aliphatic heterocycles. The molecule has 202 valence electrons. The third-order valence-electron chi connectivity index (χ3n) is 7.60. The van der Waals surface area contributed by atoms with Crippen LogP contribution in [0.3, 0.4) is 0 Å². The predicted molar refractivity (Wildman–Crippen MR) is 133 cm³/mol. The van der Waals surface area contributed by atoms with Crippen molar-refractivity contribution >= 4 is 28.9 Å². The van der Waals surface area contributed by atoms with Crippen LogP contribution in [0.2, 0.25) is 0 Å². The van der Waals surface area contributed by atoms with Gasteiger partial charge in [0.25, 0.3) is 0 Å². The van der Waals surface area contributed by atoms with Gasteiger partial charge in [0.2, 0.25) is 11.4 Å². The Hall–Kier alpha value is -3.73. The number of nitrogens with zero attached hydrogens (tertiary/aromatic N) is 2. The summed E-state index contributed by atoms with van der Waals surface area (Å²) in [5, 5.41) is 68.7. The van der Waals surface area contributed by atoms with Crippen molar-refractivity contribution in [2.24, 2.45) is 0 Å². The molecule has 0 heterocycles. The van der Waals surface area contributed by atoms with Gasteiger partial charge in [-0.25, -0.2) is 4.79 Å². The van der Waals surface area contributed by atoms with E-state index in [0.717, 1.165) is 4.90 Å². The number of aromatic hydroxyl groups is 1. The highest BCUT2D eigenvalue weighted by Gasteiger charge is 2.75. The van der Waals surface area contributed by atoms with Crippen molar-refractivity contribution in [3.63, 3.8) is 0 Å². The van der Waals surface area contributed by atoms with Crippen LogP contribution in [0, 0.1) is 11.8 Å². The molecule has 0 radical (unpaired) electrons. The number of benzene rings is 1. The van der Waals surface area contributed by atoms with Crippen LogP contribution in [0.4, 0.5) is 5.69 Å². The normalized spacial score (nSPS) is 30.4. The highest BCUT2D eigenvalue weighted by atomic mass is 16.4. The van der Waals surface area contributed by atoms with Gasteiger partial charge in [-0.2, -0.15) is 0 Å². The first kappa shape index (κ1) is 27.3. The molecule has 1 aromatic carbocycles. The summed E-state index contributed by atoms with van der Waals surface area (Å²) in [6, 6.07) is -0.221. The van der Waals surface area contributed by atoms with E-state index >= 15 is 0 Å². The number of ketones is 2. The number of carbonyl (C=O) groups excluding carboxylic acids is 3. The number of likely N-dealkylation sites (N-methyl/N-ethyl adjacent to an activating group) is 1. The number of phenolic OH excluding ortho intramolecular Hbond substituents is 1. The Balaban J connectivity index is 2.13. The maximum atomic E-state index is 14.0. The fourth-order valence-electron chi connectivity index (χ4n) is 6.10. The maximum absolute atomic E-state index is 14.0. The summed E-state index contributed by atoms with van der Waals surface area (Å²) in [6.07, 6.45) is -1.32. The van der Waals surface area contributed by atoms with Gasteiger partial charge in [0.1, 0.15) is 28.8 Å². The van der Waals surface area contributed by atoms with Gasteiger partial charge in [0.15, 0.2) is 17.1 Å². The van der Waals surface area contributed by atoms with Gasteiger partial charge in [-0.1, -0.05) is 5.92 Å². The molecule has 1 fully saturated rings. The summed E-state index contributed by atoms with van der Waals surface area (Å²) < 4.78 is 0. The SMILES string of the molecule is CC#Cc1cc(N(C)C)c2c(c1O)C(O)=C1C(=O)C3(O)C(O)=C(C([NH3+])=O)C(=O)C(N(C)C)C3(O)CC1(O)C2. The number of hydrogen-bond acceptors (Lipinski definition) is 11. The van der Waals surface area contributed by atoms with Crippen molar-refractivity contribution in [2.45, 2.75) is 42.6 Å². The summed E-state index contributed by atoms with van der Waals surface area (Å²) >= 11 is 0. The first-order chi connectivity index (χ1) is 17.5.